The molecule has 0 unspecified atom stereocenters. The number of carbonyl (C=O) groups excluding carboxylic acids is 1. The Bertz CT molecular complexity index is 149. The molecule has 0 aromatic heterocycles. The van der Waals surface area contributed by atoms with Crippen molar-refractivity contribution < 1.29 is 4.79 Å². The van der Waals surface area contributed by atoms with Crippen molar-refractivity contribution in [3.8, 4) is 0 Å². The van der Waals surface area contributed by atoms with Crippen molar-refractivity contribution in [2.24, 2.45) is 5.92 Å². The van der Waals surface area contributed by atoms with Gasteiger partial charge in [-0.1, -0.05) is 13.3 Å². The summed E-state index contributed by atoms with van der Waals surface area (Å²) in [6.45, 7) is 3.99. The van der Waals surface area contributed by atoms with Gasteiger partial charge in [0.1, 0.15) is 5.88 Å². The first kappa shape index (κ1) is 8.85. The van der Waals surface area contributed by atoms with Crippen LogP contribution < -0.4 is 0 Å². The van der Waals surface area contributed by atoms with Crippen molar-refractivity contribution in [2.75, 3.05) is 19.0 Å². The summed E-state index contributed by atoms with van der Waals surface area (Å²) < 4.78 is 0. The van der Waals surface area contributed by atoms with Gasteiger partial charge in [-0.3, -0.25) is 4.79 Å². The molecule has 0 aromatic carbocycles. The highest BCUT2D eigenvalue weighted by Crippen LogP contribution is 2.18. The van der Waals surface area contributed by atoms with Crippen LogP contribution in [0.4, 0.5) is 0 Å². The van der Waals surface area contributed by atoms with Crippen LogP contribution in [0, 0.1) is 5.92 Å². The second-order valence-corrected chi connectivity index (χ2v) is 3.30. The van der Waals surface area contributed by atoms with Gasteiger partial charge in [0.05, 0.1) is 0 Å². The van der Waals surface area contributed by atoms with E-state index in [-0.39, 0.29) is 11.8 Å². The molecule has 1 aliphatic heterocycles. The smallest absolute Gasteiger partial charge is 0.237 e. The molecule has 11 heavy (non-hydrogen) atoms. The second kappa shape index (κ2) is 3.96. The summed E-state index contributed by atoms with van der Waals surface area (Å²) in [4.78, 5) is 12.9. The van der Waals surface area contributed by atoms with E-state index < -0.39 is 0 Å². The van der Waals surface area contributed by atoms with Crippen molar-refractivity contribution in [3.63, 3.8) is 0 Å². The van der Waals surface area contributed by atoms with E-state index >= 15 is 0 Å². The predicted octanol–water partition coefficient (Wildman–Crippen LogP) is 1.48. The Morgan fingerprint density at radius 3 is 2.91 bits per heavy atom. The number of halogens is 1. The fourth-order valence-electron chi connectivity index (χ4n) is 1.48. The first-order chi connectivity index (χ1) is 5.27. The number of amides is 1. The van der Waals surface area contributed by atoms with Gasteiger partial charge in [0.25, 0.3) is 0 Å². The average Bonchev–Trinajstić information content (AvgIpc) is 2.50. The number of hydrogen-bond acceptors (Lipinski definition) is 1. The van der Waals surface area contributed by atoms with Crippen molar-refractivity contribution in [3.05, 3.63) is 0 Å². The highest BCUT2D eigenvalue weighted by molar-refractivity contribution is 6.27. The molecule has 1 aliphatic rings. The van der Waals surface area contributed by atoms with E-state index in [0.717, 1.165) is 19.5 Å². The molecule has 0 aromatic rings. The summed E-state index contributed by atoms with van der Waals surface area (Å²) in [5.74, 6) is 0.931. The van der Waals surface area contributed by atoms with E-state index in [0.29, 0.717) is 5.92 Å². The molecule has 64 valence electrons. The number of likely N-dealkylation sites (tertiary alicyclic amines) is 1. The van der Waals surface area contributed by atoms with E-state index in [1.165, 1.54) is 6.42 Å². The van der Waals surface area contributed by atoms with Gasteiger partial charge in [-0.25, -0.2) is 0 Å². The SMILES string of the molecule is CC[C@H]1CCN(C(=O)CCl)C1. The highest BCUT2D eigenvalue weighted by Gasteiger charge is 2.23. The van der Waals surface area contributed by atoms with Gasteiger partial charge < -0.3 is 4.90 Å². The van der Waals surface area contributed by atoms with Crippen molar-refractivity contribution in [2.45, 2.75) is 19.8 Å². The maximum absolute atomic E-state index is 11.1. The Morgan fingerprint density at radius 2 is 2.45 bits per heavy atom. The fourth-order valence-corrected chi connectivity index (χ4v) is 1.65. The lowest BCUT2D eigenvalue weighted by atomic mass is 10.1. The zero-order valence-electron chi connectivity index (χ0n) is 6.85. The summed E-state index contributed by atoms with van der Waals surface area (Å²) in [5, 5.41) is 0. The van der Waals surface area contributed by atoms with E-state index in [9.17, 15) is 4.79 Å². The van der Waals surface area contributed by atoms with Gasteiger partial charge in [0.15, 0.2) is 0 Å². The topological polar surface area (TPSA) is 20.3 Å². The van der Waals surface area contributed by atoms with Crippen LogP contribution in [-0.2, 0) is 4.79 Å². The molecular formula is C8H14ClNO. The Labute approximate surface area is 72.5 Å². The molecule has 0 saturated carbocycles. The Morgan fingerprint density at radius 1 is 1.73 bits per heavy atom. The molecule has 0 bridgehead atoms. The zero-order chi connectivity index (χ0) is 8.27. The van der Waals surface area contributed by atoms with Gasteiger partial charge in [-0.2, -0.15) is 0 Å². The molecule has 2 nitrogen and oxygen atoms in total. The normalized spacial score (nSPS) is 24.2. The molecule has 0 N–H and O–H groups in total. The van der Waals surface area contributed by atoms with E-state index in [1.54, 1.807) is 0 Å². The van der Waals surface area contributed by atoms with Crippen LogP contribution in [0.3, 0.4) is 0 Å². The third kappa shape index (κ3) is 2.09. The predicted molar refractivity (Wildman–Crippen MR) is 45.7 cm³/mol. The highest BCUT2D eigenvalue weighted by atomic mass is 35.5. The van der Waals surface area contributed by atoms with Crippen molar-refractivity contribution in [1.29, 1.82) is 0 Å². The van der Waals surface area contributed by atoms with Gasteiger partial charge in [0, 0.05) is 13.1 Å². The number of nitrogens with zero attached hydrogens (tertiary/aromatic N) is 1. The molecule has 1 atom stereocenters. The van der Waals surface area contributed by atoms with Crippen LogP contribution in [0.1, 0.15) is 19.8 Å². The molecule has 1 rings (SSSR count). The lowest BCUT2D eigenvalue weighted by Crippen LogP contribution is -2.29. The minimum atomic E-state index is 0.0858. The van der Waals surface area contributed by atoms with E-state index in [1.807, 2.05) is 4.90 Å². The molecule has 0 aliphatic carbocycles. The van der Waals surface area contributed by atoms with Gasteiger partial charge >= 0.3 is 0 Å². The largest absolute Gasteiger partial charge is 0.341 e. The van der Waals surface area contributed by atoms with Crippen LogP contribution in [-0.4, -0.2) is 29.8 Å². The lowest BCUT2D eigenvalue weighted by Gasteiger charge is -2.13. The number of rotatable bonds is 2. The van der Waals surface area contributed by atoms with Crippen LogP contribution >= 0.6 is 11.6 Å². The Balaban J connectivity index is 2.35. The number of carbonyl (C=O) groups is 1. The molecular weight excluding hydrogens is 162 g/mol. The first-order valence-electron chi connectivity index (χ1n) is 4.11. The molecule has 1 fully saturated rings. The summed E-state index contributed by atoms with van der Waals surface area (Å²) in [7, 11) is 0. The minimum Gasteiger partial charge on any atom is -0.341 e. The summed E-state index contributed by atoms with van der Waals surface area (Å²) in [6, 6.07) is 0. The van der Waals surface area contributed by atoms with Crippen LogP contribution in [0.25, 0.3) is 0 Å². The minimum absolute atomic E-state index is 0.0858. The van der Waals surface area contributed by atoms with Crippen molar-refractivity contribution in [1.82, 2.24) is 4.90 Å². The summed E-state index contributed by atoms with van der Waals surface area (Å²) in [5.41, 5.74) is 0. The van der Waals surface area contributed by atoms with E-state index in [4.69, 9.17) is 11.6 Å². The molecule has 0 spiro atoms. The Kier molecular flexibility index (Phi) is 3.18. The zero-order valence-corrected chi connectivity index (χ0v) is 7.60. The average molecular weight is 176 g/mol. The second-order valence-electron chi connectivity index (χ2n) is 3.04. The molecule has 1 saturated heterocycles. The molecule has 1 heterocycles. The first-order valence-corrected chi connectivity index (χ1v) is 4.65. The van der Waals surface area contributed by atoms with Crippen molar-refractivity contribution >= 4 is 17.5 Å². The fraction of sp³-hybridized carbons (Fsp3) is 0.875. The summed E-state index contributed by atoms with van der Waals surface area (Å²) >= 11 is 5.43. The van der Waals surface area contributed by atoms with Crippen LogP contribution in [0.5, 0.6) is 0 Å². The monoisotopic (exact) mass is 175 g/mol. The number of alkyl halides is 1. The molecule has 0 radical (unpaired) electrons. The quantitative estimate of drug-likeness (QED) is 0.583. The third-order valence-electron chi connectivity index (χ3n) is 2.33. The Hall–Kier alpha value is -0.240. The van der Waals surface area contributed by atoms with Crippen LogP contribution in [0.2, 0.25) is 0 Å². The van der Waals surface area contributed by atoms with Crippen LogP contribution in [0.15, 0.2) is 0 Å². The third-order valence-corrected chi connectivity index (χ3v) is 2.56. The standard InChI is InChI=1S/C8H14ClNO/c1-2-7-3-4-10(6-7)8(11)5-9/h7H,2-6H2,1H3/t7-/m0/s1. The van der Waals surface area contributed by atoms with Gasteiger partial charge in [-0.05, 0) is 12.3 Å². The molecule has 1 amide bonds. The number of hydrogen-bond donors (Lipinski definition) is 0. The van der Waals surface area contributed by atoms with Gasteiger partial charge in [0.2, 0.25) is 5.91 Å². The summed E-state index contributed by atoms with van der Waals surface area (Å²) in [6.07, 6.45) is 2.32. The van der Waals surface area contributed by atoms with E-state index in [2.05, 4.69) is 6.92 Å². The molecule has 3 heteroatoms. The lowest BCUT2D eigenvalue weighted by molar-refractivity contribution is -0.127. The maximum Gasteiger partial charge on any atom is 0.237 e. The van der Waals surface area contributed by atoms with Gasteiger partial charge in [-0.15, -0.1) is 11.6 Å². The maximum atomic E-state index is 11.1.